The Hall–Kier alpha value is -0.0900. The van der Waals surface area contributed by atoms with E-state index in [1.807, 2.05) is 0 Å². The summed E-state index contributed by atoms with van der Waals surface area (Å²) >= 11 is 19.7. The van der Waals surface area contributed by atoms with Crippen molar-refractivity contribution in [2.24, 2.45) is 0 Å². The molecule has 1 atom stereocenters. The van der Waals surface area contributed by atoms with Gasteiger partial charge in [-0.05, 0) is 17.7 Å². The maximum Gasteiger partial charge on any atom is 0.336 e. The Balaban J connectivity index is 2.84. The zero-order valence-corrected chi connectivity index (χ0v) is 17.1. The number of esters is 1. The number of carbonyl (C=O) groups is 1. The van der Waals surface area contributed by atoms with Crippen LogP contribution < -0.4 is 4.72 Å². The standard InChI is InChI=1S/C13H15BrCl3NO5S/c1-9(19)22-7-6-12(10-2-4-11(14)5-3-10)18-24(20,21)23-8-13(15,16)17/h2-5,12,18H,6-8H2,1H3. The van der Waals surface area contributed by atoms with Gasteiger partial charge in [-0.1, -0.05) is 62.9 Å². The molecule has 11 heteroatoms. The molecule has 1 aromatic rings. The number of halogens is 4. The lowest BCUT2D eigenvalue weighted by molar-refractivity contribution is -0.141. The Morgan fingerprint density at radius 1 is 1.29 bits per heavy atom. The molecule has 0 fully saturated rings. The van der Waals surface area contributed by atoms with Gasteiger partial charge in [0.1, 0.15) is 6.61 Å². The third kappa shape index (κ3) is 9.41. The first-order valence-electron chi connectivity index (χ1n) is 6.61. The Morgan fingerprint density at radius 2 is 1.88 bits per heavy atom. The lowest BCUT2D eigenvalue weighted by Gasteiger charge is -2.20. The first kappa shape index (κ1) is 22.0. The molecule has 24 heavy (non-hydrogen) atoms. The van der Waals surface area contributed by atoms with Crippen molar-refractivity contribution < 1.29 is 22.1 Å². The zero-order valence-electron chi connectivity index (χ0n) is 12.5. The summed E-state index contributed by atoms with van der Waals surface area (Å²) < 4.78 is 34.8. The normalized spacial score (nSPS) is 13.5. The number of hydrogen-bond acceptors (Lipinski definition) is 5. The fourth-order valence-corrected chi connectivity index (χ4v) is 3.29. The van der Waals surface area contributed by atoms with Gasteiger partial charge in [-0.15, -0.1) is 0 Å². The third-order valence-electron chi connectivity index (χ3n) is 2.65. The Kier molecular flexibility index (Phi) is 8.75. The SMILES string of the molecule is CC(=O)OCCC(NS(=O)(=O)OCC(Cl)(Cl)Cl)c1ccc(Br)cc1. The number of nitrogens with one attached hydrogen (secondary N) is 1. The second kappa shape index (κ2) is 9.56. The predicted octanol–water partition coefficient (Wildman–Crippen LogP) is 3.66. The summed E-state index contributed by atoms with van der Waals surface area (Å²) in [4.78, 5) is 10.9. The molecule has 0 saturated heterocycles. The van der Waals surface area contributed by atoms with Crippen LogP contribution in [0.4, 0.5) is 0 Å². The minimum atomic E-state index is -4.18. The maximum absolute atomic E-state index is 12.0. The summed E-state index contributed by atoms with van der Waals surface area (Å²) in [5.41, 5.74) is 0.659. The summed E-state index contributed by atoms with van der Waals surface area (Å²) in [6.07, 6.45) is 0.206. The quantitative estimate of drug-likeness (QED) is 0.451. The number of carbonyl (C=O) groups excluding carboxylic acids is 1. The molecular weight excluding hydrogens is 468 g/mol. The number of alkyl halides is 3. The number of hydrogen-bond donors (Lipinski definition) is 1. The van der Waals surface area contributed by atoms with Crippen LogP contribution in [0.2, 0.25) is 0 Å². The van der Waals surface area contributed by atoms with Gasteiger partial charge >= 0.3 is 16.3 Å². The number of benzene rings is 1. The van der Waals surface area contributed by atoms with Crippen LogP contribution in [-0.4, -0.2) is 31.4 Å². The molecule has 1 unspecified atom stereocenters. The van der Waals surface area contributed by atoms with Crippen molar-refractivity contribution in [3.05, 3.63) is 34.3 Å². The molecule has 0 aliphatic carbocycles. The van der Waals surface area contributed by atoms with E-state index in [0.29, 0.717) is 5.56 Å². The number of ether oxygens (including phenoxy) is 1. The molecule has 0 aliphatic heterocycles. The second-order valence-corrected chi connectivity index (χ2v) is 9.49. The van der Waals surface area contributed by atoms with Crippen LogP contribution in [0.3, 0.4) is 0 Å². The van der Waals surface area contributed by atoms with Gasteiger partial charge in [-0.25, -0.2) is 0 Å². The zero-order chi connectivity index (χ0) is 18.4. The van der Waals surface area contributed by atoms with Gasteiger partial charge in [0, 0.05) is 17.8 Å². The van der Waals surface area contributed by atoms with Crippen LogP contribution in [0.1, 0.15) is 24.9 Å². The van der Waals surface area contributed by atoms with Gasteiger partial charge in [0.05, 0.1) is 12.6 Å². The molecule has 0 saturated carbocycles. The molecule has 0 spiro atoms. The van der Waals surface area contributed by atoms with Crippen molar-refractivity contribution in [2.75, 3.05) is 13.2 Å². The van der Waals surface area contributed by atoms with Gasteiger partial charge in [0.2, 0.25) is 3.79 Å². The van der Waals surface area contributed by atoms with Crippen molar-refractivity contribution in [1.29, 1.82) is 0 Å². The molecule has 0 aliphatic rings. The summed E-state index contributed by atoms with van der Waals surface area (Å²) in [5.74, 6) is -0.458. The van der Waals surface area contributed by atoms with E-state index >= 15 is 0 Å². The lowest BCUT2D eigenvalue weighted by atomic mass is 10.1. The van der Waals surface area contributed by atoms with E-state index in [1.54, 1.807) is 24.3 Å². The Labute approximate surface area is 164 Å². The van der Waals surface area contributed by atoms with E-state index in [0.717, 1.165) is 4.47 Å². The smallest absolute Gasteiger partial charge is 0.336 e. The van der Waals surface area contributed by atoms with Crippen molar-refractivity contribution in [3.63, 3.8) is 0 Å². The largest absolute Gasteiger partial charge is 0.466 e. The highest BCUT2D eigenvalue weighted by molar-refractivity contribution is 9.10. The molecule has 1 N–H and O–H groups in total. The fraction of sp³-hybridized carbons (Fsp3) is 0.462. The Morgan fingerprint density at radius 3 is 2.38 bits per heavy atom. The van der Waals surface area contributed by atoms with Crippen molar-refractivity contribution in [2.45, 2.75) is 23.2 Å². The molecule has 0 radical (unpaired) electrons. The average Bonchev–Trinajstić information content (AvgIpc) is 2.44. The molecule has 1 rings (SSSR count). The maximum atomic E-state index is 12.0. The Bertz CT molecular complexity index is 649. The monoisotopic (exact) mass is 481 g/mol. The fourth-order valence-electron chi connectivity index (χ4n) is 1.66. The van der Waals surface area contributed by atoms with Crippen molar-refractivity contribution in [1.82, 2.24) is 4.72 Å². The molecule has 0 aromatic heterocycles. The number of rotatable bonds is 8. The van der Waals surface area contributed by atoms with E-state index in [9.17, 15) is 13.2 Å². The van der Waals surface area contributed by atoms with Crippen LogP contribution in [0.5, 0.6) is 0 Å². The minimum absolute atomic E-state index is 0.0308. The van der Waals surface area contributed by atoms with E-state index in [1.165, 1.54) is 6.92 Å². The summed E-state index contributed by atoms with van der Waals surface area (Å²) in [7, 11) is -4.18. The summed E-state index contributed by atoms with van der Waals surface area (Å²) in [6, 6.07) is 6.27. The van der Waals surface area contributed by atoms with Gasteiger partial charge in [0.15, 0.2) is 0 Å². The van der Waals surface area contributed by atoms with Crippen molar-refractivity contribution in [3.8, 4) is 0 Å². The highest BCUT2D eigenvalue weighted by atomic mass is 79.9. The molecule has 0 amide bonds. The van der Waals surface area contributed by atoms with E-state index in [4.69, 9.17) is 39.5 Å². The van der Waals surface area contributed by atoms with Crippen molar-refractivity contribution >= 4 is 67.0 Å². The summed E-state index contributed by atoms with van der Waals surface area (Å²) in [6.45, 7) is 0.663. The highest BCUT2D eigenvalue weighted by Crippen LogP contribution is 2.27. The van der Waals surface area contributed by atoms with Crippen LogP contribution in [-0.2, 0) is 24.0 Å². The molecule has 0 heterocycles. The predicted molar refractivity (Wildman–Crippen MR) is 96.4 cm³/mol. The minimum Gasteiger partial charge on any atom is -0.466 e. The van der Waals surface area contributed by atoms with Gasteiger partial charge < -0.3 is 4.74 Å². The molecule has 136 valence electrons. The molecule has 1 aromatic carbocycles. The summed E-state index contributed by atoms with van der Waals surface area (Å²) in [5, 5.41) is 0. The van der Waals surface area contributed by atoms with Crippen LogP contribution >= 0.6 is 50.7 Å². The van der Waals surface area contributed by atoms with Gasteiger partial charge in [-0.3, -0.25) is 8.98 Å². The van der Waals surface area contributed by atoms with Crippen LogP contribution in [0, 0.1) is 0 Å². The molecule has 0 bridgehead atoms. The van der Waals surface area contributed by atoms with E-state index in [2.05, 4.69) is 24.8 Å². The van der Waals surface area contributed by atoms with E-state index in [-0.39, 0.29) is 13.0 Å². The highest BCUT2D eigenvalue weighted by Gasteiger charge is 2.26. The van der Waals surface area contributed by atoms with Gasteiger partial charge in [0.25, 0.3) is 0 Å². The van der Waals surface area contributed by atoms with Gasteiger partial charge in [-0.2, -0.15) is 13.1 Å². The molecular formula is C13H15BrCl3NO5S. The second-order valence-electron chi connectivity index (χ2n) is 4.68. The van der Waals surface area contributed by atoms with Crippen LogP contribution in [0.15, 0.2) is 28.7 Å². The van der Waals surface area contributed by atoms with E-state index < -0.39 is 32.7 Å². The lowest BCUT2D eigenvalue weighted by Crippen LogP contribution is -2.33. The average molecular weight is 484 g/mol. The van der Waals surface area contributed by atoms with Crippen LogP contribution in [0.25, 0.3) is 0 Å². The first-order valence-corrected chi connectivity index (χ1v) is 9.94. The molecule has 6 nitrogen and oxygen atoms in total. The topological polar surface area (TPSA) is 81.7 Å². The first-order chi connectivity index (χ1) is 11.0. The third-order valence-corrected chi connectivity index (χ3v) is 4.51.